The lowest BCUT2D eigenvalue weighted by Gasteiger charge is -2.22. The summed E-state index contributed by atoms with van der Waals surface area (Å²) in [6.07, 6.45) is -12.4. The summed E-state index contributed by atoms with van der Waals surface area (Å²) >= 11 is 0. The van der Waals surface area contributed by atoms with Gasteiger partial charge >= 0.3 is 12.4 Å². The second kappa shape index (κ2) is 11.7. The number of para-hydroxylation sites is 1. The SMILES string of the molecule is C[C@H](NC(=O)Cc1cc(C(F)(F)F)cc(C(F)(F)F)c1)C(=O)N[C@H]1N=C(c2ccccc2)c2ccccc2N(C)C1=O. The number of likely N-dealkylation sites (N-methyl/N-ethyl adjacent to an activating group) is 1. The van der Waals surface area contributed by atoms with Crippen molar-refractivity contribution in [1.82, 2.24) is 10.6 Å². The number of amides is 3. The highest BCUT2D eigenvalue weighted by Crippen LogP contribution is 2.36. The molecule has 1 aliphatic heterocycles. The van der Waals surface area contributed by atoms with Crippen LogP contribution < -0.4 is 15.5 Å². The van der Waals surface area contributed by atoms with Crippen LogP contribution in [0.25, 0.3) is 0 Å². The molecule has 3 aromatic rings. The van der Waals surface area contributed by atoms with Crippen LogP contribution in [0.2, 0.25) is 0 Å². The quantitative estimate of drug-likeness (QED) is 0.407. The number of benzodiazepines with no additional fused rings is 1. The Balaban J connectivity index is 1.53. The third kappa shape index (κ3) is 6.78. The zero-order valence-corrected chi connectivity index (χ0v) is 22.2. The molecule has 0 aromatic heterocycles. The van der Waals surface area contributed by atoms with E-state index in [1.54, 1.807) is 54.6 Å². The first kappa shape index (κ1) is 30.3. The van der Waals surface area contributed by atoms with Gasteiger partial charge in [-0.15, -0.1) is 0 Å². The number of nitrogens with zero attached hydrogens (tertiary/aromatic N) is 2. The Kier molecular flexibility index (Phi) is 8.41. The van der Waals surface area contributed by atoms with Crippen LogP contribution in [0.15, 0.2) is 77.8 Å². The van der Waals surface area contributed by atoms with E-state index in [1.165, 1.54) is 18.9 Å². The van der Waals surface area contributed by atoms with Gasteiger partial charge in [0.2, 0.25) is 18.0 Å². The summed E-state index contributed by atoms with van der Waals surface area (Å²) in [6, 6.07) is 15.5. The normalized spacial score (nSPS) is 16.2. The number of hydrogen-bond donors (Lipinski definition) is 2. The van der Waals surface area contributed by atoms with Crippen LogP contribution in [-0.2, 0) is 33.2 Å². The van der Waals surface area contributed by atoms with E-state index < -0.39 is 65.4 Å². The Labute approximate surface area is 236 Å². The van der Waals surface area contributed by atoms with E-state index in [-0.39, 0.29) is 6.07 Å². The molecule has 0 radical (unpaired) electrons. The summed E-state index contributed by atoms with van der Waals surface area (Å²) in [6.45, 7) is 1.25. The Morgan fingerprint density at radius 1 is 0.905 bits per heavy atom. The molecule has 0 unspecified atom stereocenters. The highest BCUT2D eigenvalue weighted by Gasteiger charge is 2.37. The van der Waals surface area contributed by atoms with E-state index in [4.69, 9.17) is 0 Å². The zero-order chi connectivity index (χ0) is 30.8. The fourth-order valence-corrected chi connectivity index (χ4v) is 4.37. The fraction of sp³-hybridized carbons (Fsp3) is 0.241. The number of fused-ring (bicyclic) bond motifs is 1. The van der Waals surface area contributed by atoms with E-state index in [1.807, 2.05) is 0 Å². The number of alkyl halides is 6. The second-order valence-electron chi connectivity index (χ2n) is 9.55. The predicted molar refractivity (Wildman–Crippen MR) is 142 cm³/mol. The fourth-order valence-electron chi connectivity index (χ4n) is 4.37. The first-order chi connectivity index (χ1) is 19.6. The molecule has 2 atom stereocenters. The van der Waals surface area contributed by atoms with Crippen molar-refractivity contribution in [2.24, 2.45) is 4.99 Å². The molecule has 3 aromatic carbocycles. The van der Waals surface area contributed by atoms with Crippen LogP contribution in [-0.4, -0.2) is 42.7 Å². The molecular formula is C29H24F6N4O3. The summed E-state index contributed by atoms with van der Waals surface area (Å²) in [7, 11) is 1.51. The van der Waals surface area contributed by atoms with Gasteiger partial charge in [-0.2, -0.15) is 26.3 Å². The van der Waals surface area contributed by atoms with E-state index in [0.717, 1.165) is 0 Å². The van der Waals surface area contributed by atoms with E-state index in [9.17, 15) is 40.7 Å². The number of halogens is 6. The summed E-state index contributed by atoms with van der Waals surface area (Å²) in [4.78, 5) is 44.6. The molecule has 0 fully saturated rings. The molecule has 220 valence electrons. The van der Waals surface area contributed by atoms with Crippen LogP contribution in [0.1, 0.15) is 34.7 Å². The van der Waals surface area contributed by atoms with Crippen molar-refractivity contribution in [3.8, 4) is 0 Å². The molecule has 1 aliphatic rings. The minimum absolute atomic E-state index is 0.0409. The summed E-state index contributed by atoms with van der Waals surface area (Å²) < 4.78 is 79.0. The van der Waals surface area contributed by atoms with Gasteiger partial charge in [0.1, 0.15) is 6.04 Å². The van der Waals surface area contributed by atoms with Gasteiger partial charge in [0.15, 0.2) is 0 Å². The Hall–Kier alpha value is -4.68. The number of hydrogen-bond acceptors (Lipinski definition) is 4. The summed E-state index contributed by atoms with van der Waals surface area (Å²) in [5, 5.41) is 4.72. The number of aliphatic imine (C=N–C) groups is 1. The number of nitrogens with one attached hydrogen (secondary N) is 2. The smallest absolute Gasteiger partial charge is 0.344 e. The minimum atomic E-state index is -5.07. The third-order valence-corrected chi connectivity index (χ3v) is 6.45. The molecule has 7 nitrogen and oxygen atoms in total. The van der Waals surface area contributed by atoms with Crippen molar-refractivity contribution in [2.75, 3.05) is 11.9 Å². The van der Waals surface area contributed by atoms with Crippen molar-refractivity contribution in [3.05, 3.63) is 101 Å². The van der Waals surface area contributed by atoms with Crippen LogP contribution in [0, 0.1) is 0 Å². The van der Waals surface area contributed by atoms with Gasteiger partial charge in [0.25, 0.3) is 5.91 Å². The van der Waals surface area contributed by atoms with Crippen LogP contribution >= 0.6 is 0 Å². The monoisotopic (exact) mass is 590 g/mol. The molecular weight excluding hydrogens is 566 g/mol. The minimum Gasteiger partial charge on any atom is -0.344 e. The highest BCUT2D eigenvalue weighted by atomic mass is 19.4. The van der Waals surface area contributed by atoms with Crippen LogP contribution in [0.5, 0.6) is 0 Å². The second-order valence-corrected chi connectivity index (χ2v) is 9.55. The summed E-state index contributed by atoms with van der Waals surface area (Å²) in [5.74, 6) is -2.43. The maximum absolute atomic E-state index is 13.3. The van der Waals surface area contributed by atoms with Crippen molar-refractivity contribution < 1.29 is 40.7 Å². The average Bonchev–Trinajstić information content (AvgIpc) is 3.03. The van der Waals surface area contributed by atoms with Gasteiger partial charge in [0.05, 0.1) is 28.9 Å². The molecule has 0 saturated heterocycles. The lowest BCUT2D eigenvalue weighted by Crippen LogP contribution is -2.52. The highest BCUT2D eigenvalue weighted by molar-refractivity contribution is 6.20. The van der Waals surface area contributed by atoms with Crippen LogP contribution in [0.3, 0.4) is 0 Å². The van der Waals surface area contributed by atoms with Crippen molar-refractivity contribution in [1.29, 1.82) is 0 Å². The maximum Gasteiger partial charge on any atom is 0.416 e. The number of anilines is 1. The number of carbonyl (C=O) groups excluding carboxylic acids is 3. The van der Waals surface area contributed by atoms with Crippen LogP contribution in [0.4, 0.5) is 32.0 Å². The Morgan fingerprint density at radius 3 is 2.07 bits per heavy atom. The molecule has 42 heavy (non-hydrogen) atoms. The third-order valence-electron chi connectivity index (χ3n) is 6.45. The lowest BCUT2D eigenvalue weighted by molar-refractivity contribution is -0.143. The first-order valence-electron chi connectivity index (χ1n) is 12.5. The van der Waals surface area contributed by atoms with E-state index in [0.29, 0.717) is 34.7 Å². The number of rotatable bonds is 6. The molecule has 0 saturated carbocycles. The van der Waals surface area contributed by atoms with Gasteiger partial charge in [-0.1, -0.05) is 48.5 Å². The number of carbonyl (C=O) groups is 3. The number of benzene rings is 3. The molecule has 1 heterocycles. The van der Waals surface area contributed by atoms with E-state index >= 15 is 0 Å². The molecule has 4 rings (SSSR count). The van der Waals surface area contributed by atoms with E-state index in [2.05, 4.69) is 15.6 Å². The predicted octanol–water partition coefficient (Wildman–Crippen LogP) is 4.73. The standard InChI is InChI=1S/C29H24F6N4O3/c1-16(36-23(40)14-17-12-19(28(30,31)32)15-20(13-17)29(33,34)35)26(41)38-25-27(42)39(2)22-11-7-6-10-21(22)24(37-25)18-8-4-3-5-9-18/h3-13,15-16,25H,14H2,1-2H3,(H,36,40)(H,38,41)/t16-,25+/m0/s1. The van der Waals surface area contributed by atoms with Gasteiger partial charge in [-0.25, -0.2) is 4.99 Å². The van der Waals surface area contributed by atoms with Gasteiger partial charge in [-0.3, -0.25) is 14.4 Å². The topological polar surface area (TPSA) is 90.9 Å². The Bertz CT molecular complexity index is 1500. The Morgan fingerprint density at radius 2 is 1.48 bits per heavy atom. The molecule has 13 heteroatoms. The van der Waals surface area contributed by atoms with Gasteiger partial charge in [-0.05, 0) is 36.8 Å². The average molecular weight is 591 g/mol. The molecule has 2 N–H and O–H groups in total. The molecule has 0 aliphatic carbocycles. The van der Waals surface area contributed by atoms with Crippen molar-refractivity contribution in [2.45, 2.75) is 37.9 Å². The summed E-state index contributed by atoms with van der Waals surface area (Å²) in [5.41, 5.74) is -1.38. The van der Waals surface area contributed by atoms with Gasteiger partial charge < -0.3 is 15.5 Å². The largest absolute Gasteiger partial charge is 0.416 e. The molecule has 0 spiro atoms. The maximum atomic E-state index is 13.3. The van der Waals surface area contributed by atoms with Gasteiger partial charge in [0, 0.05) is 18.2 Å². The lowest BCUT2D eigenvalue weighted by atomic mass is 10.0. The van der Waals surface area contributed by atoms with Crippen molar-refractivity contribution >= 4 is 29.1 Å². The molecule has 0 bridgehead atoms. The zero-order valence-electron chi connectivity index (χ0n) is 22.2. The molecule has 3 amide bonds. The first-order valence-corrected chi connectivity index (χ1v) is 12.5. The van der Waals surface area contributed by atoms with Crippen molar-refractivity contribution in [3.63, 3.8) is 0 Å².